The van der Waals surface area contributed by atoms with Crippen LogP contribution >= 0.6 is 0 Å². The summed E-state index contributed by atoms with van der Waals surface area (Å²) in [7, 11) is 1.86. The first-order valence-corrected chi connectivity index (χ1v) is 10.5. The van der Waals surface area contributed by atoms with Gasteiger partial charge >= 0.3 is 0 Å². The molecule has 2 heterocycles. The fourth-order valence-electron chi connectivity index (χ4n) is 4.28. The zero-order valence-electron chi connectivity index (χ0n) is 17.3. The Morgan fingerprint density at radius 1 is 1.26 bits per heavy atom. The molecule has 1 aromatic carbocycles. The second kappa shape index (κ2) is 9.56. The van der Waals surface area contributed by atoms with Crippen LogP contribution in [0, 0.1) is 11.8 Å². The van der Waals surface area contributed by atoms with E-state index < -0.39 is 0 Å². The summed E-state index contributed by atoms with van der Waals surface area (Å²) in [5.41, 5.74) is 1.28. The number of benzene rings is 1. The van der Waals surface area contributed by atoms with Gasteiger partial charge in [0.05, 0.1) is 6.10 Å². The Balaban J connectivity index is 1.55. The Labute approximate surface area is 164 Å². The van der Waals surface area contributed by atoms with E-state index in [-0.39, 0.29) is 6.10 Å². The van der Waals surface area contributed by atoms with Crippen molar-refractivity contribution in [1.29, 1.82) is 0 Å². The van der Waals surface area contributed by atoms with Crippen LogP contribution in [0.1, 0.15) is 45.3 Å². The summed E-state index contributed by atoms with van der Waals surface area (Å²) in [4.78, 5) is 7.01. The minimum absolute atomic E-state index is 0.174. The van der Waals surface area contributed by atoms with Gasteiger partial charge < -0.3 is 15.4 Å². The first-order chi connectivity index (χ1) is 13.1. The summed E-state index contributed by atoms with van der Waals surface area (Å²) < 4.78 is 6.13. The lowest BCUT2D eigenvalue weighted by atomic mass is 9.89. The maximum atomic E-state index is 6.13. The molecule has 0 bridgehead atoms. The Bertz CT molecular complexity index is 604. The highest BCUT2D eigenvalue weighted by molar-refractivity contribution is 5.80. The van der Waals surface area contributed by atoms with Crippen LogP contribution in [0.25, 0.3) is 0 Å². The molecular formula is C22H36N4O. The van der Waals surface area contributed by atoms with Crippen molar-refractivity contribution in [3.8, 4) is 0 Å². The molecule has 4 unspecified atom stereocenters. The summed E-state index contributed by atoms with van der Waals surface area (Å²) in [6.45, 7) is 10.8. The second-order valence-electron chi connectivity index (χ2n) is 8.33. The average molecular weight is 373 g/mol. The summed E-state index contributed by atoms with van der Waals surface area (Å²) in [5, 5.41) is 7.22. The third-order valence-electron chi connectivity index (χ3n) is 6.02. The number of nitrogens with one attached hydrogen (secondary N) is 2. The van der Waals surface area contributed by atoms with E-state index in [0.717, 1.165) is 38.6 Å². The molecule has 0 amide bonds. The van der Waals surface area contributed by atoms with Crippen LogP contribution in [0.15, 0.2) is 35.3 Å². The predicted octanol–water partition coefficient (Wildman–Crippen LogP) is 3.05. The molecule has 4 atom stereocenters. The van der Waals surface area contributed by atoms with Crippen LogP contribution in [0.2, 0.25) is 0 Å². The van der Waals surface area contributed by atoms with Crippen molar-refractivity contribution >= 4 is 5.96 Å². The first kappa shape index (κ1) is 20.2. The molecule has 2 aliphatic rings. The van der Waals surface area contributed by atoms with Gasteiger partial charge in [-0.25, -0.2) is 0 Å². The lowest BCUT2D eigenvalue weighted by Crippen LogP contribution is -2.48. The van der Waals surface area contributed by atoms with Crippen LogP contribution in [0.3, 0.4) is 0 Å². The highest BCUT2D eigenvalue weighted by atomic mass is 16.5. The predicted molar refractivity (Wildman–Crippen MR) is 112 cm³/mol. The summed E-state index contributed by atoms with van der Waals surface area (Å²) in [6, 6.07) is 11.7. The van der Waals surface area contributed by atoms with Crippen LogP contribution in [0.4, 0.5) is 0 Å². The van der Waals surface area contributed by atoms with Crippen molar-refractivity contribution in [3.05, 3.63) is 35.9 Å². The fourth-order valence-corrected chi connectivity index (χ4v) is 4.28. The first-order valence-electron chi connectivity index (χ1n) is 10.5. The van der Waals surface area contributed by atoms with E-state index in [1.54, 1.807) is 0 Å². The van der Waals surface area contributed by atoms with Gasteiger partial charge in [0.25, 0.3) is 0 Å². The molecule has 0 saturated carbocycles. The van der Waals surface area contributed by atoms with Crippen molar-refractivity contribution < 1.29 is 4.74 Å². The number of hydrogen-bond acceptors (Lipinski definition) is 3. The molecule has 2 fully saturated rings. The minimum Gasteiger partial charge on any atom is -0.373 e. The lowest BCUT2D eigenvalue weighted by molar-refractivity contribution is -0.0265. The SMILES string of the molecule is CN=C(NCC1CCCOC1c1ccccc1)NC1CN(C(C)C)CC1C. The van der Waals surface area contributed by atoms with Crippen molar-refractivity contribution in [3.63, 3.8) is 0 Å². The number of guanidine groups is 1. The largest absolute Gasteiger partial charge is 0.373 e. The van der Waals surface area contributed by atoms with Crippen LogP contribution in [-0.4, -0.2) is 56.2 Å². The Morgan fingerprint density at radius 2 is 2.04 bits per heavy atom. The van der Waals surface area contributed by atoms with Crippen LogP contribution in [-0.2, 0) is 4.74 Å². The molecular weight excluding hydrogens is 336 g/mol. The minimum atomic E-state index is 0.174. The van der Waals surface area contributed by atoms with Gasteiger partial charge in [0.15, 0.2) is 5.96 Å². The van der Waals surface area contributed by atoms with E-state index >= 15 is 0 Å². The molecule has 0 aromatic heterocycles. The highest BCUT2D eigenvalue weighted by Gasteiger charge is 2.32. The average Bonchev–Trinajstić information content (AvgIpc) is 3.07. The van der Waals surface area contributed by atoms with E-state index in [1.807, 2.05) is 7.05 Å². The van der Waals surface area contributed by atoms with Crippen molar-refractivity contribution in [2.45, 2.75) is 51.8 Å². The van der Waals surface area contributed by atoms with Gasteiger partial charge in [-0.1, -0.05) is 37.3 Å². The van der Waals surface area contributed by atoms with Gasteiger partial charge in [-0.15, -0.1) is 0 Å². The quantitative estimate of drug-likeness (QED) is 0.616. The van der Waals surface area contributed by atoms with Crippen LogP contribution < -0.4 is 10.6 Å². The second-order valence-corrected chi connectivity index (χ2v) is 8.33. The number of nitrogens with zero attached hydrogens (tertiary/aromatic N) is 2. The molecule has 0 radical (unpaired) electrons. The van der Waals surface area contributed by atoms with Crippen molar-refractivity contribution in [2.24, 2.45) is 16.8 Å². The zero-order chi connectivity index (χ0) is 19.2. The Hall–Kier alpha value is -1.59. The maximum Gasteiger partial charge on any atom is 0.191 e. The number of ether oxygens (including phenoxy) is 1. The number of hydrogen-bond donors (Lipinski definition) is 2. The molecule has 2 saturated heterocycles. The van der Waals surface area contributed by atoms with Crippen LogP contribution in [0.5, 0.6) is 0 Å². The summed E-state index contributed by atoms with van der Waals surface area (Å²) >= 11 is 0. The molecule has 1 aromatic rings. The third-order valence-corrected chi connectivity index (χ3v) is 6.02. The van der Waals surface area contributed by atoms with E-state index in [9.17, 15) is 0 Å². The Morgan fingerprint density at radius 3 is 2.70 bits per heavy atom. The molecule has 27 heavy (non-hydrogen) atoms. The Kier molecular flexibility index (Phi) is 7.13. The van der Waals surface area contributed by atoms with Gasteiger partial charge in [-0.05, 0) is 38.2 Å². The number of aliphatic imine (C=N–C) groups is 1. The molecule has 2 N–H and O–H groups in total. The number of rotatable bonds is 5. The molecule has 3 rings (SSSR count). The molecule has 150 valence electrons. The van der Waals surface area contributed by atoms with Gasteiger partial charge in [0.1, 0.15) is 0 Å². The standard InChI is InChI=1S/C22H36N4O/c1-16(2)26-14-17(3)20(15-26)25-22(23-4)24-13-19-11-8-12-27-21(19)18-9-6-5-7-10-18/h5-7,9-10,16-17,19-21H,8,11-15H2,1-4H3,(H2,23,24,25). The monoisotopic (exact) mass is 372 g/mol. The molecule has 5 heteroatoms. The molecule has 2 aliphatic heterocycles. The van der Waals surface area contributed by atoms with Gasteiger partial charge in [0.2, 0.25) is 0 Å². The summed E-state index contributed by atoms with van der Waals surface area (Å²) in [6.07, 6.45) is 2.49. The molecule has 5 nitrogen and oxygen atoms in total. The highest BCUT2D eigenvalue weighted by Crippen LogP contribution is 2.33. The molecule has 0 aliphatic carbocycles. The van der Waals surface area contributed by atoms with Crippen molar-refractivity contribution in [1.82, 2.24) is 15.5 Å². The maximum absolute atomic E-state index is 6.13. The molecule has 0 spiro atoms. The number of likely N-dealkylation sites (tertiary alicyclic amines) is 1. The van der Waals surface area contributed by atoms with Gasteiger partial charge in [0, 0.05) is 51.3 Å². The van der Waals surface area contributed by atoms with E-state index in [0.29, 0.717) is 23.9 Å². The van der Waals surface area contributed by atoms with E-state index in [1.165, 1.54) is 12.0 Å². The smallest absolute Gasteiger partial charge is 0.191 e. The normalized spacial score (nSPS) is 29.9. The summed E-state index contributed by atoms with van der Waals surface area (Å²) in [5.74, 6) is 2.00. The van der Waals surface area contributed by atoms with Crippen molar-refractivity contribution in [2.75, 3.05) is 33.3 Å². The van der Waals surface area contributed by atoms with Gasteiger partial charge in [-0.2, -0.15) is 0 Å². The lowest BCUT2D eigenvalue weighted by Gasteiger charge is -2.33. The van der Waals surface area contributed by atoms with E-state index in [2.05, 4.69) is 71.6 Å². The zero-order valence-corrected chi connectivity index (χ0v) is 17.3. The fraction of sp³-hybridized carbons (Fsp3) is 0.682. The van der Waals surface area contributed by atoms with Gasteiger partial charge in [-0.3, -0.25) is 9.89 Å². The topological polar surface area (TPSA) is 48.9 Å². The third kappa shape index (κ3) is 5.23. The van der Waals surface area contributed by atoms with E-state index in [4.69, 9.17) is 4.74 Å².